The Bertz CT molecular complexity index is 548. The first-order valence-corrected chi connectivity index (χ1v) is 9.65. The Morgan fingerprint density at radius 2 is 1.15 bits per heavy atom. The van der Waals surface area contributed by atoms with Crippen molar-refractivity contribution in [2.45, 2.75) is 31.1 Å². The fraction of sp³-hybridized carbons (Fsp3) is 0.375. The monoisotopic (exact) mass is 522 g/mol. The Morgan fingerprint density at radius 3 is 1.35 bits per heavy atom. The van der Waals surface area contributed by atoms with Crippen molar-refractivity contribution >= 4 is 75.9 Å². The highest BCUT2D eigenvalue weighted by Crippen LogP contribution is 2.67. The van der Waals surface area contributed by atoms with E-state index in [-0.39, 0.29) is 6.47 Å². The highest BCUT2D eigenvalue weighted by Gasteiger charge is 2.56. The number of halogens is 4. The van der Waals surface area contributed by atoms with Gasteiger partial charge in [-0.2, -0.15) is 0 Å². The van der Waals surface area contributed by atoms with Crippen molar-refractivity contribution < 1.29 is 0 Å². The van der Waals surface area contributed by atoms with Gasteiger partial charge in [0.05, 0.1) is 6.47 Å². The molecule has 0 heterocycles. The Hall–Kier alpha value is 0.620. The SMILES string of the molecule is C=Cc1cc([C@H]2CC2(Br)Br)c([C@H]2CC2(Br)Br)cc1C=C. The van der Waals surface area contributed by atoms with E-state index in [4.69, 9.17) is 0 Å². The first kappa shape index (κ1) is 15.5. The van der Waals surface area contributed by atoms with E-state index in [9.17, 15) is 0 Å². The first-order chi connectivity index (χ1) is 9.30. The lowest BCUT2D eigenvalue weighted by Crippen LogP contribution is -2.00. The van der Waals surface area contributed by atoms with Crippen LogP contribution in [0.25, 0.3) is 12.2 Å². The highest BCUT2D eigenvalue weighted by molar-refractivity contribution is 9.26. The van der Waals surface area contributed by atoms with Gasteiger partial charge in [0.2, 0.25) is 0 Å². The lowest BCUT2D eigenvalue weighted by molar-refractivity contribution is 1.02. The summed E-state index contributed by atoms with van der Waals surface area (Å²) in [5, 5.41) is 0. The van der Waals surface area contributed by atoms with Crippen LogP contribution in [0.2, 0.25) is 0 Å². The van der Waals surface area contributed by atoms with Crippen LogP contribution in [-0.2, 0) is 0 Å². The van der Waals surface area contributed by atoms with Crippen LogP contribution in [0.15, 0.2) is 25.3 Å². The molecule has 2 fully saturated rings. The predicted molar refractivity (Wildman–Crippen MR) is 103 cm³/mol. The molecule has 1 aromatic rings. The summed E-state index contributed by atoms with van der Waals surface area (Å²) in [6.07, 6.45) is 6.07. The van der Waals surface area contributed by atoms with E-state index in [1.165, 1.54) is 11.1 Å². The van der Waals surface area contributed by atoms with Crippen LogP contribution in [0.4, 0.5) is 0 Å². The number of rotatable bonds is 4. The van der Waals surface area contributed by atoms with Crippen molar-refractivity contribution in [1.29, 1.82) is 0 Å². The zero-order valence-corrected chi connectivity index (χ0v) is 17.1. The van der Waals surface area contributed by atoms with Gasteiger partial charge < -0.3 is 0 Å². The Balaban J connectivity index is 2.11. The molecule has 0 radical (unpaired) electrons. The fourth-order valence-corrected chi connectivity index (χ4v) is 5.01. The summed E-state index contributed by atoms with van der Waals surface area (Å²) in [6.45, 7) is 7.85. The second-order valence-electron chi connectivity index (χ2n) is 5.55. The zero-order chi connectivity index (χ0) is 14.7. The highest BCUT2D eigenvalue weighted by atomic mass is 79.9. The van der Waals surface area contributed by atoms with Gasteiger partial charge in [-0.05, 0) is 35.1 Å². The molecular formula is C16H14Br4. The van der Waals surface area contributed by atoms with Gasteiger partial charge in [-0.25, -0.2) is 0 Å². The van der Waals surface area contributed by atoms with Crippen molar-refractivity contribution in [2.24, 2.45) is 0 Å². The van der Waals surface area contributed by atoms with E-state index in [1.807, 2.05) is 12.2 Å². The standard InChI is InChI=1S/C16H14Br4/c1-3-9-5-11(13-7-15(13,17)18)12(6-10(9)4-2)14-8-16(14,19)20/h3-6,13-14H,1-2,7-8H2/t13-,14-/m1/s1. The minimum Gasteiger partial charge on any atom is -0.0984 e. The van der Waals surface area contributed by atoms with E-state index in [0.29, 0.717) is 11.8 Å². The number of hydrogen-bond acceptors (Lipinski definition) is 0. The van der Waals surface area contributed by atoms with Gasteiger partial charge in [-0.15, -0.1) is 0 Å². The van der Waals surface area contributed by atoms with Crippen LogP contribution >= 0.6 is 63.7 Å². The van der Waals surface area contributed by atoms with Crippen LogP contribution in [0.1, 0.15) is 46.9 Å². The molecular weight excluding hydrogens is 512 g/mol. The summed E-state index contributed by atoms with van der Waals surface area (Å²) in [5.74, 6) is 1.04. The van der Waals surface area contributed by atoms with Gasteiger partial charge in [0.25, 0.3) is 0 Å². The van der Waals surface area contributed by atoms with Gasteiger partial charge in [0.15, 0.2) is 0 Å². The molecule has 0 aromatic heterocycles. The predicted octanol–water partition coefficient (Wildman–Crippen LogP) is 6.92. The minimum absolute atomic E-state index is 0.0685. The van der Waals surface area contributed by atoms with E-state index in [1.54, 1.807) is 0 Å². The molecule has 2 saturated carbocycles. The quantitative estimate of drug-likeness (QED) is 0.374. The summed E-state index contributed by atoms with van der Waals surface area (Å²) in [5.41, 5.74) is 5.17. The van der Waals surface area contributed by atoms with Crippen LogP contribution in [0, 0.1) is 0 Å². The molecule has 2 atom stereocenters. The molecule has 0 spiro atoms. The molecule has 0 aliphatic heterocycles. The maximum atomic E-state index is 3.93. The number of alkyl halides is 4. The Labute approximate surface area is 153 Å². The number of benzene rings is 1. The van der Waals surface area contributed by atoms with Crippen LogP contribution < -0.4 is 0 Å². The van der Waals surface area contributed by atoms with Crippen LogP contribution in [-0.4, -0.2) is 6.47 Å². The van der Waals surface area contributed by atoms with Gasteiger partial charge >= 0.3 is 0 Å². The molecule has 4 heteroatoms. The molecule has 1 aromatic carbocycles. The molecule has 0 nitrogen and oxygen atoms in total. The van der Waals surface area contributed by atoms with Crippen molar-refractivity contribution in [3.63, 3.8) is 0 Å². The summed E-state index contributed by atoms with van der Waals surface area (Å²) in [4.78, 5) is 0. The fourth-order valence-electron chi connectivity index (χ4n) is 2.73. The van der Waals surface area contributed by atoms with Crippen LogP contribution in [0.5, 0.6) is 0 Å². The van der Waals surface area contributed by atoms with Gasteiger partial charge in [-0.1, -0.05) is 101 Å². The smallest absolute Gasteiger partial charge is 0.0881 e. The molecule has 2 aliphatic carbocycles. The Morgan fingerprint density at radius 1 is 0.850 bits per heavy atom. The van der Waals surface area contributed by atoms with Crippen LogP contribution in [0.3, 0.4) is 0 Å². The molecule has 0 bridgehead atoms. The summed E-state index contributed by atoms with van der Waals surface area (Å²) >= 11 is 15.0. The molecule has 106 valence electrons. The van der Waals surface area contributed by atoms with Crippen molar-refractivity contribution in [1.82, 2.24) is 0 Å². The molecule has 0 unspecified atom stereocenters. The Kier molecular flexibility index (Phi) is 3.93. The molecule has 0 amide bonds. The van der Waals surface area contributed by atoms with Gasteiger partial charge in [0.1, 0.15) is 0 Å². The zero-order valence-electron chi connectivity index (χ0n) is 10.8. The van der Waals surface area contributed by atoms with Gasteiger partial charge in [0, 0.05) is 11.8 Å². The summed E-state index contributed by atoms with van der Waals surface area (Å²) < 4.78 is 0.137. The second kappa shape index (κ2) is 5.07. The molecule has 2 aliphatic rings. The number of hydrogen-bond donors (Lipinski definition) is 0. The molecule has 0 saturated heterocycles. The lowest BCUT2D eigenvalue weighted by Gasteiger charge is -2.14. The van der Waals surface area contributed by atoms with Crippen molar-refractivity contribution in [3.8, 4) is 0 Å². The van der Waals surface area contributed by atoms with E-state index in [0.717, 1.165) is 24.0 Å². The second-order valence-corrected chi connectivity index (χ2v) is 13.3. The normalized spacial score (nSPS) is 28.8. The third-order valence-corrected chi connectivity index (χ3v) is 7.64. The minimum atomic E-state index is 0.0685. The molecule has 0 N–H and O–H groups in total. The largest absolute Gasteiger partial charge is 0.0984 e. The maximum absolute atomic E-state index is 3.93. The van der Waals surface area contributed by atoms with E-state index >= 15 is 0 Å². The van der Waals surface area contributed by atoms with Crippen molar-refractivity contribution in [3.05, 3.63) is 47.5 Å². The maximum Gasteiger partial charge on any atom is 0.0881 e. The third kappa shape index (κ3) is 2.66. The molecule has 3 rings (SSSR count). The average molecular weight is 526 g/mol. The summed E-state index contributed by atoms with van der Waals surface area (Å²) in [6, 6.07) is 4.56. The van der Waals surface area contributed by atoms with Crippen molar-refractivity contribution in [2.75, 3.05) is 0 Å². The third-order valence-electron chi connectivity index (χ3n) is 4.13. The van der Waals surface area contributed by atoms with E-state index in [2.05, 4.69) is 89.0 Å². The lowest BCUT2D eigenvalue weighted by atomic mass is 9.93. The topological polar surface area (TPSA) is 0 Å². The summed E-state index contributed by atoms with van der Waals surface area (Å²) in [7, 11) is 0. The first-order valence-electron chi connectivity index (χ1n) is 6.48. The average Bonchev–Trinajstić information content (AvgIpc) is 3.23. The molecule has 20 heavy (non-hydrogen) atoms. The van der Waals surface area contributed by atoms with E-state index < -0.39 is 0 Å². The van der Waals surface area contributed by atoms with Gasteiger partial charge in [-0.3, -0.25) is 0 Å².